The molecule has 2 aromatic rings. The van der Waals surface area contributed by atoms with Crippen LogP contribution in [0.3, 0.4) is 0 Å². The van der Waals surface area contributed by atoms with E-state index >= 15 is 0 Å². The van der Waals surface area contributed by atoms with Gasteiger partial charge < -0.3 is 10.2 Å². The molecule has 1 unspecified atom stereocenters. The zero-order valence-electron chi connectivity index (χ0n) is 14.3. The molecule has 0 fully saturated rings. The SMILES string of the molecule is CCC(=O)NC(C(=O)N1CC=C(c2cccs2)CC1)c1ccccc1. The summed E-state index contributed by atoms with van der Waals surface area (Å²) in [5.41, 5.74) is 2.12. The van der Waals surface area contributed by atoms with Gasteiger partial charge in [0.05, 0.1) is 0 Å². The maximum absolute atomic E-state index is 13.0. The highest BCUT2D eigenvalue weighted by Crippen LogP contribution is 2.27. The van der Waals surface area contributed by atoms with Crippen molar-refractivity contribution in [3.05, 3.63) is 64.4 Å². The molecule has 4 nitrogen and oxygen atoms in total. The quantitative estimate of drug-likeness (QED) is 0.891. The Balaban J connectivity index is 1.75. The zero-order chi connectivity index (χ0) is 17.6. The summed E-state index contributed by atoms with van der Waals surface area (Å²) in [5, 5.41) is 4.94. The van der Waals surface area contributed by atoms with Gasteiger partial charge in [-0.05, 0) is 29.0 Å². The highest BCUT2D eigenvalue weighted by Gasteiger charge is 2.28. The second kappa shape index (κ2) is 8.12. The largest absolute Gasteiger partial charge is 0.341 e. The first-order valence-electron chi connectivity index (χ1n) is 8.55. The van der Waals surface area contributed by atoms with Crippen molar-refractivity contribution in [3.8, 4) is 0 Å². The number of carbonyl (C=O) groups excluding carboxylic acids is 2. The Labute approximate surface area is 152 Å². The summed E-state index contributed by atoms with van der Waals surface area (Å²) in [5.74, 6) is -0.163. The number of carbonyl (C=O) groups is 2. The van der Waals surface area contributed by atoms with Gasteiger partial charge in [0.15, 0.2) is 0 Å². The second-order valence-corrected chi connectivity index (χ2v) is 6.95. The van der Waals surface area contributed by atoms with E-state index < -0.39 is 6.04 Å². The van der Waals surface area contributed by atoms with E-state index in [0.717, 1.165) is 12.0 Å². The lowest BCUT2D eigenvalue weighted by atomic mass is 10.0. The van der Waals surface area contributed by atoms with Crippen LogP contribution in [0.15, 0.2) is 53.9 Å². The monoisotopic (exact) mass is 354 g/mol. The minimum atomic E-state index is -0.620. The van der Waals surface area contributed by atoms with Crippen LogP contribution in [0.25, 0.3) is 5.57 Å². The molecular weight excluding hydrogens is 332 g/mol. The number of hydrogen-bond donors (Lipinski definition) is 1. The van der Waals surface area contributed by atoms with Crippen LogP contribution in [-0.2, 0) is 9.59 Å². The smallest absolute Gasteiger partial charge is 0.250 e. The summed E-state index contributed by atoms with van der Waals surface area (Å²) in [7, 11) is 0. The van der Waals surface area contributed by atoms with Crippen molar-refractivity contribution >= 4 is 28.7 Å². The van der Waals surface area contributed by atoms with Gasteiger partial charge in [0.25, 0.3) is 0 Å². The maximum Gasteiger partial charge on any atom is 0.250 e. The first-order chi connectivity index (χ1) is 12.2. The van der Waals surface area contributed by atoms with Gasteiger partial charge in [-0.2, -0.15) is 0 Å². The third-order valence-corrected chi connectivity index (χ3v) is 5.31. The molecule has 1 N–H and O–H groups in total. The van der Waals surface area contributed by atoms with Gasteiger partial charge in [-0.15, -0.1) is 11.3 Å². The molecule has 130 valence electrons. The average molecular weight is 354 g/mol. The lowest BCUT2D eigenvalue weighted by Crippen LogP contribution is -2.44. The number of nitrogens with zero attached hydrogens (tertiary/aromatic N) is 1. The van der Waals surface area contributed by atoms with Gasteiger partial charge in [-0.1, -0.05) is 49.4 Å². The van der Waals surface area contributed by atoms with E-state index in [1.165, 1.54) is 10.5 Å². The minimum absolute atomic E-state index is 0.0468. The molecule has 0 radical (unpaired) electrons. The summed E-state index contributed by atoms with van der Waals surface area (Å²) >= 11 is 1.72. The third kappa shape index (κ3) is 4.17. The van der Waals surface area contributed by atoms with E-state index in [4.69, 9.17) is 0 Å². The van der Waals surface area contributed by atoms with Crippen molar-refractivity contribution in [1.82, 2.24) is 10.2 Å². The fraction of sp³-hybridized carbons (Fsp3) is 0.300. The predicted molar refractivity (Wildman–Crippen MR) is 101 cm³/mol. The van der Waals surface area contributed by atoms with Crippen LogP contribution in [0.1, 0.15) is 36.2 Å². The predicted octanol–water partition coefficient (Wildman–Crippen LogP) is 3.63. The third-order valence-electron chi connectivity index (χ3n) is 4.36. The molecule has 2 amide bonds. The van der Waals surface area contributed by atoms with Gasteiger partial charge in [0.2, 0.25) is 11.8 Å². The number of amides is 2. The van der Waals surface area contributed by atoms with Crippen LogP contribution < -0.4 is 5.32 Å². The molecule has 0 aliphatic carbocycles. The highest BCUT2D eigenvalue weighted by atomic mass is 32.1. The molecule has 0 saturated carbocycles. The Morgan fingerprint density at radius 1 is 1.20 bits per heavy atom. The Morgan fingerprint density at radius 3 is 2.60 bits per heavy atom. The van der Waals surface area contributed by atoms with Gasteiger partial charge >= 0.3 is 0 Å². The standard InChI is InChI=1S/C20H22N2O2S/c1-2-18(23)21-19(16-7-4-3-5-8-16)20(24)22-12-10-15(11-13-22)17-9-6-14-25-17/h3-10,14,19H,2,11-13H2,1H3,(H,21,23). The molecular formula is C20H22N2O2S. The molecule has 5 heteroatoms. The van der Waals surface area contributed by atoms with Crippen LogP contribution in [0.4, 0.5) is 0 Å². The molecule has 2 heterocycles. The van der Waals surface area contributed by atoms with Crippen LogP contribution in [0.5, 0.6) is 0 Å². The van der Waals surface area contributed by atoms with Crippen LogP contribution >= 0.6 is 11.3 Å². The normalized spacial score (nSPS) is 15.4. The summed E-state index contributed by atoms with van der Waals surface area (Å²) in [6.07, 6.45) is 3.32. The molecule has 25 heavy (non-hydrogen) atoms. The molecule has 1 aliphatic rings. The molecule has 0 spiro atoms. The van der Waals surface area contributed by atoms with Gasteiger partial charge in [0.1, 0.15) is 6.04 Å². The van der Waals surface area contributed by atoms with E-state index in [-0.39, 0.29) is 11.8 Å². The van der Waals surface area contributed by atoms with E-state index in [1.807, 2.05) is 41.3 Å². The maximum atomic E-state index is 13.0. The molecule has 0 bridgehead atoms. The van der Waals surface area contributed by atoms with Gasteiger partial charge in [-0.3, -0.25) is 9.59 Å². The van der Waals surface area contributed by atoms with E-state index in [9.17, 15) is 9.59 Å². The summed E-state index contributed by atoms with van der Waals surface area (Å²) in [6.45, 7) is 3.05. The molecule has 0 saturated heterocycles. The van der Waals surface area contributed by atoms with Crippen molar-refractivity contribution < 1.29 is 9.59 Å². The highest BCUT2D eigenvalue weighted by molar-refractivity contribution is 7.11. The lowest BCUT2D eigenvalue weighted by molar-refractivity contribution is -0.136. The second-order valence-electron chi connectivity index (χ2n) is 6.01. The van der Waals surface area contributed by atoms with Crippen molar-refractivity contribution in [2.45, 2.75) is 25.8 Å². The number of nitrogens with one attached hydrogen (secondary N) is 1. The fourth-order valence-electron chi connectivity index (χ4n) is 2.93. The molecule has 1 aliphatic heterocycles. The Kier molecular flexibility index (Phi) is 5.66. The number of rotatable bonds is 5. The van der Waals surface area contributed by atoms with Gasteiger partial charge in [0, 0.05) is 24.4 Å². The Bertz CT molecular complexity index is 753. The number of benzene rings is 1. The minimum Gasteiger partial charge on any atom is -0.341 e. The number of hydrogen-bond acceptors (Lipinski definition) is 3. The molecule has 3 rings (SSSR count). The number of thiophene rings is 1. The summed E-state index contributed by atoms with van der Waals surface area (Å²) in [4.78, 5) is 28.0. The molecule has 1 atom stereocenters. The molecule has 1 aromatic carbocycles. The first-order valence-corrected chi connectivity index (χ1v) is 9.43. The fourth-order valence-corrected chi connectivity index (χ4v) is 3.73. The Hall–Kier alpha value is -2.40. The van der Waals surface area contributed by atoms with E-state index in [1.54, 1.807) is 18.3 Å². The summed E-state index contributed by atoms with van der Waals surface area (Å²) in [6, 6.07) is 13.0. The van der Waals surface area contributed by atoms with E-state index in [2.05, 4.69) is 22.8 Å². The van der Waals surface area contributed by atoms with E-state index in [0.29, 0.717) is 19.5 Å². The summed E-state index contributed by atoms with van der Waals surface area (Å²) < 4.78 is 0. The van der Waals surface area contributed by atoms with Crippen LogP contribution in [0.2, 0.25) is 0 Å². The lowest BCUT2D eigenvalue weighted by Gasteiger charge is -2.30. The van der Waals surface area contributed by atoms with Crippen molar-refractivity contribution in [2.24, 2.45) is 0 Å². The van der Waals surface area contributed by atoms with Crippen molar-refractivity contribution in [3.63, 3.8) is 0 Å². The Morgan fingerprint density at radius 2 is 2.00 bits per heavy atom. The average Bonchev–Trinajstić information content (AvgIpc) is 3.21. The van der Waals surface area contributed by atoms with Crippen molar-refractivity contribution in [1.29, 1.82) is 0 Å². The van der Waals surface area contributed by atoms with Crippen LogP contribution in [-0.4, -0.2) is 29.8 Å². The first kappa shape index (κ1) is 17.4. The van der Waals surface area contributed by atoms with Crippen molar-refractivity contribution in [2.75, 3.05) is 13.1 Å². The zero-order valence-corrected chi connectivity index (χ0v) is 15.1. The van der Waals surface area contributed by atoms with Crippen LogP contribution in [0, 0.1) is 0 Å². The van der Waals surface area contributed by atoms with Gasteiger partial charge in [-0.25, -0.2) is 0 Å². The molecule has 1 aromatic heterocycles. The topological polar surface area (TPSA) is 49.4 Å².